The van der Waals surface area contributed by atoms with Gasteiger partial charge in [-0.25, -0.2) is 0 Å². The molecule has 0 aromatic rings. The minimum atomic E-state index is 0.308. The van der Waals surface area contributed by atoms with Crippen LogP contribution >= 0.6 is 11.8 Å². The molecule has 0 aliphatic heterocycles. The van der Waals surface area contributed by atoms with E-state index in [0.717, 1.165) is 18.6 Å². The minimum Gasteiger partial charge on any atom is -0.327 e. The van der Waals surface area contributed by atoms with Crippen LogP contribution in [-0.2, 0) is 0 Å². The molecule has 0 aliphatic rings. The topological polar surface area (TPSA) is 26.0 Å². The SMILES string of the molecule is C=C(CC)CC(N)CSC. The minimum absolute atomic E-state index is 0.308. The average molecular weight is 159 g/mol. The molecule has 2 heteroatoms. The van der Waals surface area contributed by atoms with Gasteiger partial charge < -0.3 is 5.73 Å². The zero-order chi connectivity index (χ0) is 7.98. The first-order valence-electron chi connectivity index (χ1n) is 3.61. The molecule has 0 amide bonds. The lowest BCUT2D eigenvalue weighted by Crippen LogP contribution is -2.22. The van der Waals surface area contributed by atoms with E-state index in [1.165, 1.54) is 5.57 Å². The van der Waals surface area contributed by atoms with Crippen LogP contribution in [-0.4, -0.2) is 18.1 Å². The van der Waals surface area contributed by atoms with Gasteiger partial charge in [-0.3, -0.25) is 0 Å². The molecule has 0 fully saturated rings. The van der Waals surface area contributed by atoms with Gasteiger partial charge in [0.1, 0.15) is 0 Å². The van der Waals surface area contributed by atoms with Crippen LogP contribution < -0.4 is 5.73 Å². The normalized spacial score (nSPS) is 13.1. The molecule has 0 aromatic heterocycles. The van der Waals surface area contributed by atoms with Gasteiger partial charge in [-0.15, -0.1) is 0 Å². The van der Waals surface area contributed by atoms with Crippen LogP contribution in [0.3, 0.4) is 0 Å². The summed E-state index contributed by atoms with van der Waals surface area (Å²) in [6.45, 7) is 6.03. The summed E-state index contributed by atoms with van der Waals surface area (Å²) in [5.41, 5.74) is 7.04. The molecular weight excluding hydrogens is 142 g/mol. The van der Waals surface area contributed by atoms with Crippen molar-refractivity contribution in [1.29, 1.82) is 0 Å². The lowest BCUT2D eigenvalue weighted by molar-refractivity contribution is 0.726. The van der Waals surface area contributed by atoms with Gasteiger partial charge in [0.05, 0.1) is 0 Å². The molecule has 0 saturated carbocycles. The summed E-state index contributed by atoms with van der Waals surface area (Å²) in [5.74, 6) is 1.04. The second kappa shape index (κ2) is 5.81. The highest BCUT2D eigenvalue weighted by molar-refractivity contribution is 7.98. The summed E-state index contributed by atoms with van der Waals surface area (Å²) in [7, 11) is 0. The fourth-order valence-corrected chi connectivity index (χ4v) is 1.33. The largest absolute Gasteiger partial charge is 0.327 e. The van der Waals surface area contributed by atoms with Crippen molar-refractivity contribution in [2.75, 3.05) is 12.0 Å². The predicted octanol–water partition coefficient (Wildman–Crippen LogP) is 2.03. The van der Waals surface area contributed by atoms with Crippen LogP contribution in [0.5, 0.6) is 0 Å². The molecule has 0 spiro atoms. The third kappa shape index (κ3) is 4.89. The van der Waals surface area contributed by atoms with Crippen LogP contribution in [0, 0.1) is 0 Å². The Kier molecular flexibility index (Phi) is 5.84. The van der Waals surface area contributed by atoms with E-state index in [1.807, 2.05) is 0 Å². The van der Waals surface area contributed by atoms with E-state index in [1.54, 1.807) is 11.8 Å². The van der Waals surface area contributed by atoms with E-state index in [4.69, 9.17) is 5.73 Å². The Morgan fingerprint density at radius 3 is 2.70 bits per heavy atom. The zero-order valence-corrected chi connectivity index (χ0v) is 7.71. The maximum Gasteiger partial charge on any atom is 0.0167 e. The Balaban J connectivity index is 3.37. The Hall–Kier alpha value is 0.0500. The number of nitrogens with two attached hydrogens (primary N) is 1. The van der Waals surface area contributed by atoms with Gasteiger partial charge in [0, 0.05) is 11.8 Å². The molecule has 1 unspecified atom stereocenters. The lowest BCUT2D eigenvalue weighted by Gasteiger charge is -2.09. The smallest absolute Gasteiger partial charge is 0.0167 e. The molecule has 2 N–H and O–H groups in total. The summed E-state index contributed by atoms with van der Waals surface area (Å²) >= 11 is 1.80. The zero-order valence-electron chi connectivity index (χ0n) is 6.89. The van der Waals surface area contributed by atoms with Crippen molar-refractivity contribution in [3.8, 4) is 0 Å². The van der Waals surface area contributed by atoms with E-state index in [-0.39, 0.29) is 0 Å². The van der Waals surface area contributed by atoms with Crippen molar-refractivity contribution in [2.24, 2.45) is 5.73 Å². The molecule has 0 heterocycles. The molecule has 1 nitrogen and oxygen atoms in total. The molecular formula is C8H17NS. The van der Waals surface area contributed by atoms with Gasteiger partial charge in [0.15, 0.2) is 0 Å². The Morgan fingerprint density at radius 1 is 1.70 bits per heavy atom. The van der Waals surface area contributed by atoms with E-state index in [0.29, 0.717) is 6.04 Å². The molecule has 0 radical (unpaired) electrons. The first-order valence-corrected chi connectivity index (χ1v) is 5.01. The Bertz CT molecular complexity index is 101. The quantitative estimate of drug-likeness (QED) is 0.621. The van der Waals surface area contributed by atoms with Gasteiger partial charge >= 0.3 is 0 Å². The molecule has 0 saturated heterocycles. The van der Waals surface area contributed by atoms with Gasteiger partial charge in [0.25, 0.3) is 0 Å². The molecule has 1 atom stereocenters. The fourth-order valence-electron chi connectivity index (χ4n) is 0.788. The molecule has 0 rings (SSSR count). The number of hydrogen-bond acceptors (Lipinski definition) is 2. The van der Waals surface area contributed by atoms with Gasteiger partial charge in [-0.2, -0.15) is 11.8 Å². The van der Waals surface area contributed by atoms with Crippen molar-refractivity contribution in [3.63, 3.8) is 0 Å². The maximum absolute atomic E-state index is 5.78. The third-order valence-electron chi connectivity index (χ3n) is 1.43. The van der Waals surface area contributed by atoms with Crippen LogP contribution in [0.15, 0.2) is 12.2 Å². The van der Waals surface area contributed by atoms with E-state index < -0.39 is 0 Å². The molecule has 60 valence electrons. The Morgan fingerprint density at radius 2 is 2.30 bits per heavy atom. The van der Waals surface area contributed by atoms with Gasteiger partial charge in [-0.05, 0) is 19.1 Å². The van der Waals surface area contributed by atoms with E-state index in [9.17, 15) is 0 Å². The standard InChI is InChI=1S/C8H17NS/c1-4-7(2)5-8(9)6-10-3/h8H,2,4-6,9H2,1,3H3. The highest BCUT2D eigenvalue weighted by atomic mass is 32.2. The monoisotopic (exact) mass is 159 g/mol. The molecule has 0 bridgehead atoms. The lowest BCUT2D eigenvalue weighted by atomic mass is 10.1. The maximum atomic E-state index is 5.78. The fraction of sp³-hybridized carbons (Fsp3) is 0.750. The Labute approximate surface area is 68.1 Å². The van der Waals surface area contributed by atoms with Crippen molar-refractivity contribution in [2.45, 2.75) is 25.8 Å². The summed E-state index contributed by atoms with van der Waals surface area (Å²) in [4.78, 5) is 0. The molecule has 0 aromatic carbocycles. The van der Waals surface area contributed by atoms with Crippen molar-refractivity contribution >= 4 is 11.8 Å². The summed E-state index contributed by atoms with van der Waals surface area (Å²) in [6, 6.07) is 0.308. The number of hydrogen-bond donors (Lipinski definition) is 1. The first kappa shape index (κ1) is 10.0. The third-order valence-corrected chi connectivity index (χ3v) is 2.19. The van der Waals surface area contributed by atoms with Crippen molar-refractivity contribution in [1.82, 2.24) is 0 Å². The summed E-state index contributed by atoms with van der Waals surface area (Å²) in [5, 5.41) is 0. The predicted molar refractivity (Wildman–Crippen MR) is 50.4 cm³/mol. The van der Waals surface area contributed by atoms with E-state index in [2.05, 4.69) is 19.8 Å². The number of thioether (sulfide) groups is 1. The first-order chi connectivity index (χ1) is 4.70. The average Bonchev–Trinajstić information content (AvgIpc) is 1.88. The van der Waals surface area contributed by atoms with Crippen LogP contribution in [0.4, 0.5) is 0 Å². The highest BCUT2D eigenvalue weighted by Crippen LogP contribution is 2.08. The molecule has 0 aliphatic carbocycles. The molecule has 10 heavy (non-hydrogen) atoms. The van der Waals surface area contributed by atoms with Crippen LogP contribution in [0.25, 0.3) is 0 Å². The van der Waals surface area contributed by atoms with Gasteiger partial charge in [0.2, 0.25) is 0 Å². The summed E-state index contributed by atoms with van der Waals surface area (Å²) < 4.78 is 0. The van der Waals surface area contributed by atoms with Crippen LogP contribution in [0.1, 0.15) is 19.8 Å². The van der Waals surface area contributed by atoms with Crippen molar-refractivity contribution < 1.29 is 0 Å². The summed E-state index contributed by atoms with van der Waals surface area (Å²) in [6.07, 6.45) is 4.12. The van der Waals surface area contributed by atoms with Gasteiger partial charge in [-0.1, -0.05) is 19.1 Å². The van der Waals surface area contributed by atoms with Crippen molar-refractivity contribution in [3.05, 3.63) is 12.2 Å². The second-order valence-electron chi connectivity index (χ2n) is 2.52. The van der Waals surface area contributed by atoms with Crippen LogP contribution in [0.2, 0.25) is 0 Å². The van der Waals surface area contributed by atoms with E-state index >= 15 is 0 Å². The second-order valence-corrected chi connectivity index (χ2v) is 3.43. The highest BCUT2D eigenvalue weighted by Gasteiger charge is 2.01. The number of rotatable bonds is 5.